The number of hydrogen-bond acceptors (Lipinski definition) is 5. The highest BCUT2D eigenvalue weighted by molar-refractivity contribution is 6.04. The van der Waals surface area contributed by atoms with Gasteiger partial charge >= 0.3 is 5.97 Å². The number of fused-ring (bicyclic) bond motifs is 1. The third kappa shape index (κ3) is 6.38. The van der Waals surface area contributed by atoms with Gasteiger partial charge in [0.2, 0.25) is 5.91 Å². The van der Waals surface area contributed by atoms with E-state index in [0.717, 1.165) is 16.8 Å². The molecule has 2 aromatic heterocycles. The summed E-state index contributed by atoms with van der Waals surface area (Å²) in [5.41, 5.74) is 4.48. The zero-order valence-electron chi connectivity index (χ0n) is 22.6. The molecule has 2 heterocycles. The van der Waals surface area contributed by atoms with Gasteiger partial charge in [0.1, 0.15) is 0 Å². The molecule has 9 nitrogen and oxygen atoms in total. The van der Waals surface area contributed by atoms with Crippen LogP contribution >= 0.6 is 0 Å². The number of nitrogens with zero attached hydrogens (tertiary/aromatic N) is 3. The molecule has 0 aliphatic heterocycles. The van der Waals surface area contributed by atoms with Gasteiger partial charge in [0.15, 0.2) is 11.5 Å². The van der Waals surface area contributed by atoms with Crippen molar-refractivity contribution in [1.82, 2.24) is 14.6 Å². The first-order chi connectivity index (χ1) is 18.4. The summed E-state index contributed by atoms with van der Waals surface area (Å²) < 4.78 is 1.58. The molecule has 0 aliphatic rings. The molecule has 9 heteroatoms. The van der Waals surface area contributed by atoms with Crippen LogP contribution in [-0.4, -0.2) is 37.5 Å². The lowest BCUT2D eigenvalue weighted by Crippen LogP contribution is -2.27. The van der Waals surface area contributed by atoms with E-state index in [1.165, 1.54) is 0 Å². The van der Waals surface area contributed by atoms with Crippen LogP contribution in [0.15, 0.2) is 66.4 Å². The Morgan fingerprint density at radius 1 is 1.03 bits per heavy atom. The quantitative estimate of drug-likeness (QED) is 0.261. The summed E-state index contributed by atoms with van der Waals surface area (Å²) >= 11 is 0. The average Bonchev–Trinajstić information content (AvgIpc) is 3.31. The molecular weight excluding hydrogens is 494 g/mol. The highest BCUT2D eigenvalue weighted by atomic mass is 16.4. The maximum absolute atomic E-state index is 12.9. The number of carbonyl (C=O) groups excluding carboxylic acids is 2. The molecule has 3 N–H and O–H groups in total. The Bertz CT molecular complexity index is 1610. The SMILES string of the molecule is CC/C(=C\c1cccc(C(=O)Nc2ccc3nc(-c4ccc(C)c(NC(=O)C(C)(C)C)c4)cn3n2)c1)C(=O)O. The fourth-order valence-electron chi connectivity index (χ4n) is 3.79. The van der Waals surface area contributed by atoms with Crippen LogP contribution in [0.5, 0.6) is 0 Å². The molecule has 200 valence electrons. The fraction of sp³-hybridized carbons (Fsp3) is 0.233. The van der Waals surface area contributed by atoms with Crippen LogP contribution in [-0.2, 0) is 9.59 Å². The number of nitrogens with one attached hydrogen (secondary N) is 2. The summed E-state index contributed by atoms with van der Waals surface area (Å²) in [6.07, 6.45) is 3.69. The number of carboxylic acid groups (broad SMARTS) is 1. The monoisotopic (exact) mass is 525 g/mol. The first kappa shape index (κ1) is 27.3. The van der Waals surface area contributed by atoms with Crippen molar-refractivity contribution in [1.29, 1.82) is 0 Å². The van der Waals surface area contributed by atoms with Gasteiger partial charge in [-0.3, -0.25) is 9.59 Å². The molecule has 39 heavy (non-hydrogen) atoms. The zero-order valence-corrected chi connectivity index (χ0v) is 22.6. The second kappa shape index (κ2) is 10.9. The second-order valence-corrected chi connectivity index (χ2v) is 10.3. The molecule has 0 aliphatic carbocycles. The van der Waals surface area contributed by atoms with Gasteiger partial charge in [0, 0.05) is 27.8 Å². The van der Waals surface area contributed by atoms with E-state index in [-0.39, 0.29) is 17.4 Å². The fourth-order valence-corrected chi connectivity index (χ4v) is 3.79. The Balaban J connectivity index is 1.56. The summed E-state index contributed by atoms with van der Waals surface area (Å²) in [5.74, 6) is -1.10. The Hall–Kier alpha value is -4.79. The molecule has 0 bridgehead atoms. The third-order valence-corrected chi connectivity index (χ3v) is 6.17. The molecule has 0 atom stereocenters. The van der Waals surface area contributed by atoms with Crippen LogP contribution < -0.4 is 10.6 Å². The predicted octanol–water partition coefficient (Wildman–Crippen LogP) is 5.82. The van der Waals surface area contributed by atoms with E-state index in [0.29, 0.717) is 34.7 Å². The highest BCUT2D eigenvalue weighted by Crippen LogP contribution is 2.27. The van der Waals surface area contributed by atoms with E-state index >= 15 is 0 Å². The average molecular weight is 526 g/mol. The zero-order chi connectivity index (χ0) is 28.3. The first-order valence-corrected chi connectivity index (χ1v) is 12.6. The summed E-state index contributed by atoms with van der Waals surface area (Å²) in [4.78, 5) is 41.4. The number of aryl methyl sites for hydroxylation is 1. The maximum Gasteiger partial charge on any atom is 0.331 e. The summed E-state index contributed by atoms with van der Waals surface area (Å²) in [5, 5.41) is 19.5. The van der Waals surface area contributed by atoms with E-state index in [9.17, 15) is 19.5 Å². The molecule has 2 amide bonds. The van der Waals surface area contributed by atoms with Gasteiger partial charge in [-0.25, -0.2) is 14.3 Å². The Labute approximate surface area is 226 Å². The maximum atomic E-state index is 12.9. The number of hydrogen-bond donors (Lipinski definition) is 3. The highest BCUT2D eigenvalue weighted by Gasteiger charge is 2.22. The number of rotatable bonds is 7. The van der Waals surface area contributed by atoms with Gasteiger partial charge in [-0.15, -0.1) is 5.10 Å². The lowest BCUT2D eigenvalue weighted by atomic mass is 9.95. The van der Waals surface area contributed by atoms with E-state index in [1.807, 2.05) is 45.9 Å². The van der Waals surface area contributed by atoms with E-state index in [4.69, 9.17) is 0 Å². The lowest BCUT2D eigenvalue weighted by Gasteiger charge is -2.19. The second-order valence-electron chi connectivity index (χ2n) is 10.3. The van der Waals surface area contributed by atoms with Gasteiger partial charge < -0.3 is 15.7 Å². The number of carbonyl (C=O) groups is 3. The number of amides is 2. The first-order valence-electron chi connectivity index (χ1n) is 12.6. The molecule has 4 aromatic rings. The van der Waals surface area contributed by atoms with Crippen LogP contribution in [0.4, 0.5) is 11.5 Å². The summed E-state index contributed by atoms with van der Waals surface area (Å²) in [6, 6.07) is 15.9. The molecule has 0 saturated carbocycles. The number of aromatic nitrogens is 3. The molecule has 0 radical (unpaired) electrons. The molecule has 0 unspecified atom stereocenters. The van der Waals surface area contributed by atoms with Gasteiger partial charge in [-0.05, 0) is 60.9 Å². The van der Waals surface area contributed by atoms with Crippen molar-refractivity contribution in [3.8, 4) is 11.3 Å². The molecule has 4 rings (SSSR count). The molecule has 0 fully saturated rings. The van der Waals surface area contributed by atoms with Crippen LogP contribution in [0, 0.1) is 12.3 Å². The van der Waals surface area contributed by atoms with Crippen molar-refractivity contribution in [2.24, 2.45) is 5.41 Å². The van der Waals surface area contributed by atoms with Crippen molar-refractivity contribution < 1.29 is 19.5 Å². The van der Waals surface area contributed by atoms with Crippen LogP contribution in [0.2, 0.25) is 0 Å². The molecule has 0 spiro atoms. The minimum Gasteiger partial charge on any atom is -0.478 e. The number of benzene rings is 2. The smallest absolute Gasteiger partial charge is 0.331 e. The summed E-state index contributed by atoms with van der Waals surface area (Å²) in [7, 11) is 0. The van der Waals surface area contributed by atoms with E-state index in [2.05, 4.69) is 20.7 Å². The molecule has 0 saturated heterocycles. The normalized spacial score (nSPS) is 11.9. The number of anilines is 2. The van der Waals surface area contributed by atoms with E-state index < -0.39 is 11.4 Å². The summed E-state index contributed by atoms with van der Waals surface area (Å²) in [6.45, 7) is 9.29. The molecular formula is C30H31N5O4. The standard InChI is InChI=1S/C30H31N5O4/c1-6-20(28(37)38)14-19-8-7-9-22(15-19)27(36)33-25-12-13-26-31-24(17-35(26)34-25)21-11-10-18(2)23(16-21)32-29(39)30(3,4)5/h7-17H,6H2,1-5H3,(H,32,39)(H,37,38)(H,33,34,36)/b20-14+. The van der Waals surface area contributed by atoms with E-state index in [1.54, 1.807) is 60.1 Å². The van der Waals surface area contributed by atoms with Crippen molar-refractivity contribution >= 4 is 41.0 Å². The Morgan fingerprint density at radius 3 is 2.49 bits per heavy atom. The topological polar surface area (TPSA) is 126 Å². The Kier molecular flexibility index (Phi) is 7.62. The number of carboxylic acids is 1. The van der Waals surface area contributed by atoms with Gasteiger partial charge in [0.25, 0.3) is 5.91 Å². The van der Waals surface area contributed by atoms with Crippen molar-refractivity contribution in [2.75, 3.05) is 10.6 Å². The van der Waals surface area contributed by atoms with Crippen molar-refractivity contribution in [3.63, 3.8) is 0 Å². The third-order valence-electron chi connectivity index (χ3n) is 6.17. The minimum absolute atomic E-state index is 0.0750. The lowest BCUT2D eigenvalue weighted by molar-refractivity contribution is -0.132. The predicted molar refractivity (Wildman–Crippen MR) is 152 cm³/mol. The molecule has 2 aromatic carbocycles. The van der Waals surface area contributed by atoms with Crippen molar-refractivity contribution in [3.05, 3.63) is 83.1 Å². The largest absolute Gasteiger partial charge is 0.478 e. The van der Waals surface area contributed by atoms with Crippen LogP contribution in [0.1, 0.15) is 55.6 Å². The number of aliphatic carboxylic acids is 1. The van der Waals surface area contributed by atoms with Crippen molar-refractivity contribution in [2.45, 2.75) is 41.0 Å². The van der Waals surface area contributed by atoms with Gasteiger partial charge in [-0.1, -0.05) is 52.0 Å². The van der Waals surface area contributed by atoms with Crippen LogP contribution in [0.25, 0.3) is 23.0 Å². The number of imidazole rings is 1. The van der Waals surface area contributed by atoms with Crippen LogP contribution in [0.3, 0.4) is 0 Å². The van der Waals surface area contributed by atoms with Gasteiger partial charge in [-0.2, -0.15) is 0 Å². The Morgan fingerprint density at radius 2 is 1.79 bits per heavy atom. The van der Waals surface area contributed by atoms with Gasteiger partial charge in [0.05, 0.1) is 11.9 Å². The minimum atomic E-state index is -0.985.